The number of rotatable bonds is 15. The Morgan fingerprint density at radius 2 is 1.12 bits per heavy atom. The van der Waals surface area contributed by atoms with E-state index in [0.29, 0.717) is 48.2 Å². The molecule has 0 aliphatic rings. The second-order valence-electron chi connectivity index (χ2n) is 8.75. The Kier molecular flexibility index (Phi) is 8.48. The zero-order chi connectivity index (χ0) is 23.8. The molecule has 2 aromatic heterocycles. The maximum absolute atomic E-state index is 10.7. The van der Waals surface area contributed by atoms with Gasteiger partial charge in [0.15, 0.2) is 0 Å². The smallest absolute Gasteiger partial charge is 0.322 e. The molecule has 0 amide bonds. The van der Waals surface area contributed by atoms with Gasteiger partial charge in [-0.25, -0.2) is 0 Å². The van der Waals surface area contributed by atoms with Gasteiger partial charge in [0.1, 0.15) is 0 Å². The molecular weight excluding hydrogens is 424 g/mol. The van der Waals surface area contributed by atoms with Gasteiger partial charge in [0.05, 0.1) is 80.3 Å². The Hall–Kier alpha value is -3.26. The summed E-state index contributed by atoms with van der Waals surface area (Å²) in [5.74, 6) is -1.30. The third-order valence-corrected chi connectivity index (χ3v) is 4.90. The van der Waals surface area contributed by atoms with Crippen LogP contribution < -0.4 is 10.6 Å². The van der Waals surface area contributed by atoms with Crippen LogP contribution in [0.4, 0.5) is 12.0 Å². The minimum atomic E-state index is -0.819. The molecule has 0 unspecified atom stereocenters. The highest BCUT2D eigenvalue weighted by molar-refractivity contribution is 5.67. The van der Waals surface area contributed by atoms with Crippen LogP contribution in [0.3, 0.4) is 0 Å². The first-order chi connectivity index (χ1) is 15.0. The summed E-state index contributed by atoms with van der Waals surface area (Å²) in [7, 11) is 7.79. The van der Waals surface area contributed by atoms with E-state index in [0.717, 1.165) is 0 Å². The number of aromatic nitrogens is 4. The number of hydrogen-bond acceptors (Lipinski definition) is 10. The summed E-state index contributed by atoms with van der Waals surface area (Å²) in [6.45, 7) is 3.40. The summed E-state index contributed by atoms with van der Waals surface area (Å²) >= 11 is 0. The first kappa shape index (κ1) is 25.0. The molecule has 32 heavy (non-hydrogen) atoms. The van der Waals surface area contributed by atoms with Crippen molar-refractivity contribution in [1.29, 1.82) is 0 Å². The lowest BCUT2D eigenvalue weighted by Crippen LogP contribution is -2.44. The molecule has 0 atom stereocenters. The van der Waals surface area contributed by atoms with Crippen LogP contribution in [-0.4, -0.2) is 119 Å². The van der Waals surface area contributed by atoms with Crippen molar-refractivity contribution in [3.05, 3.63) is 0 Å². The van der Waals surface area contributed by atoms with Gasteiger partial charge in [0.2, 0.25) is 11.6 Å². The summed E-state index contributed by atoms with van der Waals surface area (Å²) in [5.41, 5.74) is 0. The van der Waals surface area contributed by atoms with Crippen LogP contribution in [-0.2, 0) is 9.59 Å². The van der Waals surface area contributed by atoms with Crippen LogP contribution in [0, 0.1) is 0 Å². The number of likely N-dealkylation sites (N-methyl/N-ethyl adjacent to an activating group) is 2. The monoisotopic (exact) mass is 456 g/mol. The predicted octanol–water partition coefficient (Wildman–Crippen LogP) is 0.0456. The average Bonchev–Trinajstić information content (AvgIpc) is 3.34. The van der Waals surface area contributed by atoms with E-state index in [-0.39, 0.29) is 36.5 Å². The maximum Gasteiger partial charge on any atom is 0.322 e. The van der Waals surface area contributed by atoms with Gasteiger partial charge in [0, 0.05) is 0 Å². The molecule has 0 spiro atoms. The second-order valence-corrected chi connectivity index (χ2v) is 8.75. The van der Waals surface area contributed by atoms with Gasteiger partial charge >= 0.3 is 24.0 Å². The van der Waals surface area contributed by atoms with Crippen LogP contribution in [0.15, 0.2) is 9.05 Å². The summed E-state index contributed by atoms with van der Waals surface area (Å²) in [6.07, 6.45) is 0.204. The van der Waals surface area contributed by atoms with Crippen molar-refractivity contribution < 1.29 is 37.8 Å². The van der Waals surface area contributed by atoms with Crippen LogP contribution >= 0.6 is 0 Å². The predicted molar refractivity (Wildman–Crippen MR) is 113 cm³/mol. The number of carbonyl (C=O) groups is 2. The van der Waals surface area contributed by atoms with Crippen molar-refractivity contribution in [1.82, 2.24) is 20.3 Å². The van der Waals surface area contributed by atoms with E-state index in [1.807, 2.05) is 28.2 Å². The molecule has 14 heteroatoms. The van der Waals surface area contributed by atoms with Crippen molar-refractivity contribution >= 4 is 24.0 Å². The molecule has 0 aliphatic heterocycles. The molecule has 2 heterocycles. The standard InChI is InChI=1S/C18H30N8O6/c1-25(2,9-5-13(27)28)11-7-19-17-21-15(23-31-17)16-22-18(32-24-16)20-8-12-26(3,4)10-6-14(29)30/h5-12H2,1-4H3,(H2-2,19,20,21,22,23,24,27,28,29,30)/p+2. The van der Waals surface area contributed by atoms with E-state index in [4.69, 9.17) is 19.3 Å². The number of aliphatic carboxylic acids is 2. The van der Waals surface area contributed by atoms with Gasteiger partial charge in [-0.1, -0.05) is 10.3 Å². The minimum absolute atomic E-state index is 0.102. The molecule has 0 saturated heterocycles. The molecule has 14 nitrogen and oxygen atoms in total. The maximum atomic E-state index is 10.7. The normalized spacial score (nSPS) is 12.0. The highest BCUT2D eigenvalue weighted by atomic mass is 16.5. The molecule has 2 aromatic rings. The molecule has 0 saturated carbocycles. The average molecular weight is 457 g/mol. The number of nitrogens with zero attached hydrogens (tertiary/aromatic N) is 6. The molecule has 0 aromatic carbocycles. The molecule has 4 N–H and O–H groups in total. The Labute approximate surface area is 185 Å². The van der Waals surface area contributed by atoms with E-state index < -0.39 is 11.9 Å². The van der Waals surface area contributed by atoms with Gasteiger partial charge in [-0.05, 0) is 0 Å². The Balaban J connectivity index is 1.79. The van der Waals surface area contributed by atoms with Crippen molar-refractivity contribution in [2.45, 2.75) is 12.8 Å². The summed E-state index contributed by atoms with van der Waals surface area (Å²) in [5, 5.41) is 31.3. The third-order valence-electron chi connectivity index (χ3n) is 4.90. The van der Waals surface area contributed by atoms with Gasteiger partial charge in [-0.15, -0.1) is 0 Å². The van der Waals surface area contributed by atoms with Gasteiger partial charge in [-0.2, -0.15) is 9.97 Å². The molecule has 2 rings (SSSR count). The summed E-state index contributed by atoms with van der Waals surface area (Å²) in [6, 6.07) is 0.407. The van der Waals surface area contributed by atoms with Crippen LogP contribution in [0.25, 0.3) is 11.6 Å². The fraction of sp³-hybridized carbons (Fsp3) is 0.667. The van der Waals surface area contributed by atoms with E-state index in [2.05, 4.69) is 30.9 Å². The molecule has 0 bridgehead atoms. The van der Waals surface area contributed by atoms with Crippen molar-refractivity contribution in [2.75, 3.05) is 78.1 Å². The summed E-state index contributed by atoms with van der Waals surface area (Å²) in [4.78, 5) is 29.8. The Morgan fingerprint density at radius 3 is 1.47 bits per heavy atom. The second kappa shape index (κ2) is 10.9. The minimum Gasteiger partial charge on any atom is -0.481 e. The van der Waals surface area contributed by atoms with Gasteiger partial charge < -0.3 is 38.9 Å². The van der Waals surface area contributed by atoms with Crippen LogP contribution in [0.1, 0.15) is 12.8 Å². The topological polar surface area (TPSA) is 176 Å². The Bertz CT molecular complexity index is 821. The molecular formula is C18H32N8O6+2. The number of carboxylic acids is 2. The van der Waals surface area contributed by atoms with Crippen molar-refractivity contribution in [3.63, 3.8) is 0 Å². The van der Waals surface area contributed by atoms with Crippen molar-refractivity contribution in [3.8, 4) is 11.6 Å². The molecule has 178 valence electrons. The summed E-state index contributed by atoms with van der Waals surface area (Å²) < 4.78 is 11.4. The van der Waals surface area contributed by atoms with E-state index in [1.165, 1.54) is 0 Å². The lowest BCUT2D eigenvalue weighted by atomic mass is 10.3. The zero-order valence-corrected chi connectivity index (χ0v) is 18.9. The lowest BCUT2D eigenvalue weighted by molar-refractivity contribution is -0.888. The fourth-order valence-electron chi connectivity index (χ4n) is 2.72. The highest BCUT2D eigenvalue weighted by Crippen LogP contribution is 2.16. The quantitative estimate of drug-likeness (QED) is 0.265. The molecule has 0 aliphatic carbocycles. The number of carboxylic acid groups (broad SMARTS) is 2. The van der Waals surface area contributed by atoms with Crippen LogP contribution in [0.5, 0.6) is 0 Å². The van der Waals surface area contributed by atoms with E-state index in [9.17, 15) is 9.59 Å². The zero-order valence-electron chi connectivity index (χ0n) is 18.9. The SMILES string of the molecule is C[N+](C)(CCNc1nc(-c2noc(NCC[N+](C)(C)CCC(=O)O)n2)no1)CCC(=O)O. The number of anilines is 2. The highest BCUT2D eigenvalue weighted by Gasteiger charge is 2.20. The first-order valence-corrected chi connectivity index (χ1v) is 10.2. The fourth-order valence-corrected chi connectivity index (χ4v) is 2.72. The molecule has 0 radical (unpaired) electrons. The van der Waals surface area contributed by atoms with E-state index in [1.54, 1.807) is 0 Å². The van der Waals surface area contributed by atoms with Crippen molar-refractivity contribution in [2.24, 2.45) is 0 Å². The lowest BCUT2D eigenvalue weighted by Gasteiger charge is -2.29. The number of hydrogen-bond donors (Lipinski definition) is 4. The molecule has 0 fully saturated rings. The van der Waals surface area contributed by atoms with Crippen LogP contribution in [0.2, 0.25) is 0 Å². The number of nitrogens with one attached hydrogen (secondary N) is 2. The Morgan fingerprint density at radius 1 is 0.750 bits per heavy atom. The third kappa shape index (κ3) is 8.85. The van der Waals surface area contributed by atoms with Gasteiger partial charge in [-0.3, -0.25) is 9.59 Å². The largest absolute Gasteiger partial charge is 0.481 e. The number of quaternary nitrogens is 2. The van der Waals surface area contributed by atoms with E-state index >= 15 is 0 Å². The first-order valence-electron chi connectivity index (χ1n) is 10.2. The van der Waals surface area contributed by atoms with Gasteiger partial charge in [0.25, 0.3) is 0 Å².